The van der Waals surface area contributed by atoms with E-state index < -0.39 is 0 Å². The normalized spacial score (nSPS) is 29.4. The third-order valence-electron chi connectivity index (χ3n) is 5.27. The molecule has 2 aliphatic heterocycles. The van der Waals surface area contributed by atoms with Gasteiger partial charge in [0.05, 0.1) is 0 Å². The van der Waals surface area contributed by atoms with Gasteiger partial charge in [-0.05, 0) is 57.7 Å². The quantitative estimate of drug-likeness (QED) is 0.756. The maximum atomic E-state index is 6.44. The minimum absolute atomic E-state index is 0.154. The van der Waals surface area contributed by atoms with E-state index in [0.29, 0.717) is 6.04 Å². The van der Waals surface area contributed by atoms with Crippen LogP contribution in [-0.4, -0.2) is 23.6 Å². The Morgan fingerprint density at radius 1 is 1.00 bits per heavy atom. The fourth-order valence-electron chi connectivity index (χ4n) is 4.29. The van der Waals surface area contributed by atoms with Crippen LogP contribution in [0.5, 0.6) is 5.75 Å². The Labute approximate surface area is 115 Å². The summed E-state index contributed by atoms with van der Waals surface area (Å²) in [5.41, 5.74) is 1.59. The molecule has 2 fully saturated rings. The van der Waals surface area contributed by atoms with Gasteiger partial charge in [-0.25, -0.2) is 0 Å². The fraction of sp³-hybridized carbons (Fsp3) is 0.647. The van der Waals surface area contributed by atoms with Gasteiger partial charge in [-0.2, -0.15) is 0 Å². The first-order valence-electron chi connectivity index (χ1n) is 7.88. The van der Waals surface area contributed by atoms with E-state index in [9.17, 15) is 0 Å². The molecular weight excluding hydrogens is 234 g/mol. The predicted octanol–water partition coefficient (Wildman–Crippen LogP) is 3.92. The molecule has 0 N–H and O–H groups in total. The molecule has 2 nitrogen and oxygen atoms in total. The van der Waals surface area contributed by atoms with Gasteiger partial charge in [-0.3, -0.25) is 4.90 Å². The van der Waals surface area contributed by atoms with Gasteiger partial charge >= 0.3 is 0 Å². The van der Waals surface area contributed by atoms with Crippen molar-refractivity contribution in [3.63, 3.8) is 0 Å². The molecule has 0 aromatic heterocycles. The summed E-state index contributed by atoms with van der Waals surface area (Å²) in [5, 5.41) is 0. The molecule has 0 radical (unpaired) electrons. The molecule has 1 saturated heterocycles. The average molecular weight is 257 g/mol. The highest BCUT2D eigenvalue weighted by atomic mass is 16.5. The second-order valence-electron chi connectivity index (χ2n) is 6.49. The largest absolute Gasteiger partial charge is 0.487 e. The summed E-state index contributed by atoms with van der Waals surface area (Å²) in [6, 6.07) is 9.34. The number of ether oxygens (including phenoxy) is 1. The van der Waals surface area contributed by atoms with Crippen LogP contribution in [0, 0.1) is 0 Å². The molecule has 2 heteroatoms. The van der Waals surface area contributed by atoms with Crippen LogP contribution < -0.4 is 4.74 Å². The molecule has 1 unspecified atom stereocenters. The smallest absolute Gasteiger partial charge is 0.124 e. The molecule has 1 saturated carbocycles. The van der Waals surface area contributed by atoms with Crippen LogP contribution >= 0.6 is 0 Å². The van der Waals surface area contributed by atoms with Gasteiger partial charge in [0.2, 0.25) is 0 Å². The van der Waals surface area contributed by atoms with Gasteiger partial charge in [0.15, 0.2) is 0 Å². The summed E-state index contributed by atoms with van der Waals surface area (Å²) >= 11 is 0. The molecule has 0 amide bonds. The van der Waals surface area contributed by atoms with Crippen LogP contribution in [0.2, 0.25) is 0 Å². The molecule has 1 aromatic carbocycles. The maximum Gasteiger partial charge on any atom is 0.124 e. The van der Waals surface area contributed by atoms with Crippen LogP contribution in [0.15, 0.2) is 24.3 Å². The molecule has 1 aliphatic carbocycles. The Morgan fingerprint density at radius 3 is 2.53 bits per heavy atom. The predicted molar refractivity (Wildman–Crippen MR) is 76.4 cm³/mol. The highest BCUT2D eigenvalue weighted by Crippen LogP contribution is 2.49. The van der Waals surface area contributed by atoms with Crippen molar-refractivity contribution in [2.24, 2.45) is 0 Å². The number of fused-ring (bicyclic) bond motifs is 1. The summed E-state index contributed by atoms with van der Waals surface area (Å²) in [6.07, 6.45) is 9.14. The van der Waals surface area contributed by atoms with E-state index in [1.165, 1.54) is 63.6 Å². The van der Waals surface area contributed by atoms with Crippen molar-refractivity contribution in [3.05, 3.63) is 29.8 Å². The van der Waals surface area contributed by atoms with Gasteiger partial charge in [0.1, 0.15) is 11.4 Å². The van der Waals surface area contributed by atoms with Gasteiger partial charge in [-0.1, -0.05) is 18.2 Å². The van der Waals surface area contributed by atoms with Gasteiger partial charge in [-0.15, -0.1) is 0 Å². The number of hydrogen-bond donors (Lipinski definition) is 0. The van der Waals surface area contributed by atoms with E-state index in [1.807, 2.05) is 0 Å². The van der Waals surface area contributed by atoms with Crippen molar-refractivity contribution in [2.75, 3.05) is 13.1 Å². The molecule has 3 aliphatic rings. The highest BCUT2D eigenvalue weighted by molar-refractivity contribution is 5.39. The Morgan fingerprint density at radius 2 is 1.74 bits per heavy atom. The molecule has 2 heterocycles. The van der Waals surface area contributed by atoms with Gasteiger partial charge < -0.3 is 4.74 Å². The summed E-state index contributed by atoms with van der Waals surface area (Å²) in [4.78, 5) is 2.70. The topological polar surface area (TPSA) is 12.5 Å². The number of likely N-dealkylation sites (tertiary alicyclic amines) is 1. The van der Waals surface area contributed by atoms with E-state index in [1.54, 1.807) is 0 Å². The second kappa shape index (κ2) is 4.52. The standard InChI is InChI=1S/C17H23NO/c1-2-8-16-14(7-1)15(18-11-5-6-12-18)13-17(19-16)9-3-4-10-17/h1-2,7-8,15H,3-6,9-13H2. The molecule has 19 heavy (non-hydrogen) atoms. The molecule has 0 bridgehead atoms. The fourth-order valence-corrected chi connectivity index (χ4v) is 4.29. The Bertz CT molecular complexity index is 458. The van der Waals surface area contributed by atoms with Crippen LogP contribution in [0.4, 0.5) is 0 Å². The molecule has 1 spiro atoms. The first-order chi connectivity index (χ1) is 9.36. The lowest BCUT2D eigenvalue weighted by Crippen LogP contribution is -2.42. The van der Waals surface area contributed by atoms with Crippen LogP contribution in [0.25, 0.3) is 0 Å². The minimum atomic E-state index is 0.154. The average Bonchev–Trinajstić information content (AvgIpc) is 3.10. The van der Waals surface area contributed by atoms with Gasteiger partial charge in [0, 0.05) is 18.0 Å². The third kappa shape index (κ3) is 1.97. The number of benzene rings is 1. The van der Waals surface area contributed by atoms with Crippen molar-refractivity contribution in [1.29, 1.82) is 0 Å². The zero-order chi connectivity index (χ0) is 12.7. The molecule has 4 rings (SSSR count). The van der Waals surface area contributed by atoms with Crippen molar-refractivity contribution in [2.45, 2.75) is 56.6 Å². The molecular formula is C17H23NO. The SMILES string of the molecule is c1ccc2c(c1)OC1(CCCC1)CC2N1CCCC1. The monoisotopic (exact) mass is 257 g/mol. The summed E-state index contributed by atoms with van der Waals surface area (Å²) < 4.78 is 6.44. The van der Waals surface area contributed by atoms with Crippen LogP contribution in [0.1, 0.15) is 56.6 Å². The van der Waals surface area contributed by atoms with E-state index in [0.717, 1.165) is 5.75 Å². The van der Waals surface area contributed by atoms with Crippen molar-refractivity contribution in [1.82, 2.24) is 4.90 Å². The van der Waals surface area contributed by atoms with Crippen LogP contribution in [0.3, 0.4) is 0 Å². The van der Waals surface area contributed by atoms with E-state index in [2.05, 4.69) is 29.2 Å². The highest BCUT2D eigenvalue weighted by Gasteiger charge is 2.44. The summed E-state index contributed by atoms with van der Waals surface area (Å²) in [5.74, 6) is 1.16. The maximum absolute atomic E-state index is 6.44. The number of rotatable bonds is 1. The van der Waals surface area contributed by atoms with Crippen LogP contribution in [-0.2, 0) is 0 Å². The van der Waals surface area contributed by atoms with Gasteiger partial charge in [0.25, 0.3) is 0 Å². The molecule has 1 aromatic rings. The van der Waals surface area contributed by atoms with E-state index >= 15 is 0 Å². The first-order valence-corrected chi connectivity index (χ1v) is 7.88. The lowest BCUT2D eigenvalue weighted by Gasteiger charge is -2.43. The zero-order valence-electron chi connectivity index (χ0n) is 11.6. The number of nitrogens with zero attached hydrogens (tertiary/aromatic N) is 1. The first kappa shape index (κ1) is 11.8. The third-order valence-corrected chi connectivity index (χ3v) is 5.27. The molecule has 102 valence electrons. The summed E-state index contributed by atoms with van der Waals surface area (Å²) in [7, 11) is 0. The lowest BCUT2D eigenvalue weighted by molar-refractivity contribution is 0.0124. The van der Waals surface area contributed by atoms with E-state index in [-0.39, 0.29) is 5.60 Å². The van der Waals surface area contributed by atoms with E-state index in [4.69, 9.17) is 4.74 Å². The van der Waals surface area contributed by atoms with Crippen molar-refractivity contribution in [3.8, 4) is 5.75 Å². The molecule has 1 atom stereocenters. The Kier molecular flexibility index (Phi) is 2.80. The zero-order valence-corrected chi connectivity index (χ0v) is 11.6. The Balaban J connectivity index is 1.71. The number of hydrogen-bond acceptors (Lipinski definition) is 2. The van der Waals surface area contributed by atoms with Crippen molar-refractivity contribution >= 4 is 0 Å². The lowest BCUT2D eigenvalue weighted by atomic mass is 9.85. The second-order valence-corrected chi connectivity index (χ2v) is 6.49. The Hall–Kier alpha value is -1.02. The number of para-hydroxylation sites is 1. The summed E-state index contributed by atoms with van der Waals surface area (Å²) in [6.45, 7) is 2.55. The van der Waals surface area contributed by atoms with Crippen molar-refractivity contribution < 1.29 is 4.74 Å². The minimum Gasteiger partial charge on any atom is -0.487 e.